The molecule has 0 atom stereocenters. The first kappa shape index (κ1) is 15.6. The predicted octanol–water partition coefficient (Wildman–Crippen LogP) is 3.79. The van der Waals surface area contributed by atoms with Crippen molar-refractivity contribution in [2.75, 3.05) is 7.05 Å². The molecule has 4 heteroatoms. The molecule has 0 amide bonds. The SMILES string of the molecule is C/C(CCC(=O)c1ccccc1)=N\N(C)[Si](C)(C)C. The highest BCUT2D eigenvalue weighted by atomic mass is 28.3. The van der Waals surface area contributed by atoms with Crippen LogP contribution >= 0.6 is 0 Å². The van der Waals surface area contributed by atoms with Gasteiger partial charge in [0.15, 0.2) is 14.0 Å². The summed E-state index contributed by atoms with van der Waals surface area (Å²) in [4.78, 5) is 12.0. The van der Waals surface area contributed by atoms with Crippen molar-refractivity contribution in [1.29, 1.82) is 0 Å². The van der Waals surface area contributed by atoms with Gasteiger partial charge in [-0.1, -0.05) is 50.0 Å². The molecule has 1 aromatic rings. The number of Topliss-reactive ketones (excluding diaryl/α,β-unsaturated/α-hetero) is 1. The number of ketones is 1. The van der Waals surface area contributed by atoms with Crippen molar-refractivity contribution in [1.82, 2.24) is 4.67 Å². The number of benzene rings is 1. The fourth-order valence-electron chi connectivity index (χ4n) is 1.52. The summed E-state index contributed by atoms with van der Waals surface area (Å²) in [7, 11) is 0.640. The van der Waals surface area contributed by atoms with Crippen molar-refractivity contribution in [3.05, 3.63) is 35.9 Å². The second-order valence-electron chi connectivity index (χ2n) is 5.82. The van der Waals surface area contributed by atoms with Crippen LogP contribution in [0.15, 0.2) is 35.4 Å². The summed E-state index contributed by atoms with van der Waals surface area (Å²) in [6.07, 6.45) is 1.25. The molecule has 1 aromatic carbocycles. The van der Waals surface area contributed by atoms with Gasteiger partial charge in [0.1, 0.15) is 0 Å². The van der Waals surface area contributed by atoms with Gasteiger partial charge >= 0.3 is 0 Å². The summed E-state index contributed by atoms with van der Waals surface area (Å²) in [5.74, 6) is 0.186. The Hall–Kier alpha value is -1.42. The average Bonchev–Trinajstić information content (AvgIpc) is 2.35. The third kappa shape index (κ3) is 5.38. The van der Waals surface area contributed by atoms with Crippen LogP contribution in [0.2, 0.25) is 19.6 Å². The number of carbonyl (C=O) groups excluding carboxylic acids is 1. The molecule has 0 fully saturated rings. The number of rotatable bonds is 6. The molecule has 0 spiro atoms. The van der Waals surface area contributed by atoms with E-state index in [1.165, 1.54) is 0 Å². The molecule has 0 aromatic heterocycles. The minimum Gasteiger partial charge on any atom is -0.328 e. The van der Waals surface area contributed by atoms with Crippen LogP contribution in [-0.2, 0) is 0 Å². The van der Waals surface area contributed by atoms with Crippen molar-refractivity contribution in [3.8, 4) is 0 Å². The molecular formula is C15H24N2OSi. The molecule has 0 radical (unpaired) electrons. The minimum absolute atomic E-state index is 0.186. The molecule has 0 aliphatic heterocycles. The summed E-state index contributed by atoms with van der Waals surface area (Å²) < 4.78 is 2.08. The fraction of sp³-hybridized carbons (Fsp3) is 0.467. The van der Waals surface area contributed by atoms with Crippen molar-refractivity contribution >= 4 is 19.7 Å². The third-order valence-corrected chi connectivity index (χ3v) is 5.14. The predicted molar refractivity (Wildman–Crippen MR) is 84.2 cm³/mol. The van der Waals surface area contributed by atoms with E-state index in [2.05, 4.69) is 29.4 Å². The second-order valence-corrected chi connectivity index (χ2v) is 10.8. The van der Waals surface area contributed by atoms with Crippen LogP contribution in [0.1, 0.15) is 30.1 Å². The lowest BCUT2D eigenvalue weighted by Crippen LogP contribution is -2.39. The second kappa shape index (κ2) is 6.66. The maximum Gasteiger partial charge on any atom is 0.168 e. The largest absolute Gasteiger partial charge is 0.328 e. The Morgan fingerprint density at radius 2 is 1.74 bits per heavy atom. The monoisotopic (exact) mass is 276 g/mol. The van der Waals surface area contributed by atoms with Gasteiger partial charge in [0, 0.05) is 24.7 Å². The molecule has 0 N–H and O–H groups in total. The molecule has 0 aliphatic rings. The number of nitrogens with zero attached hydrogens (tertiary/aromatic N) is 2. The smallest absolute Gasteiger partial charge is 0.168 e. The van der Waals surface area contributed by atoms with Gasteiger partial charge in [0.05, 0.1) is 0 Å². The lowest BCUT2D eigenvalue weighted by atomic mass is 10.1. The highest BCUT2D eigenvalue weighted by Gasteiger charge is 2.19. The number of carbonyl (C=O) groups is 1. The van der Waals surface area contributed by atoms with Crippen molar-refractivity contribution in [3.63, 3.8) is 0 Å². The Morgan fingerprint density at radius 1 is 1.16 bits per heavy atom. The molecule has 104 valence electrons. The lowest BCUT2D eigenvalue weighted by molar-refractivity contribution is 0.0984. The average molecular weight is 276 g/mol. The minimum atomic E-state index is -1.38. The van der Waals surface area contributed by atoms with Gasteiger partial charge in [-0.05, 0) is 13.3 Å². The fourth-order valence-corrected chi connectivity index (χ4v) is 1.99. The molecule has 3 nitrogen and oxygen atoms in total. The normalized spacial score (nSPS) is 12.4. The third-order valence-electron chi connectivity index (χ3n) is 3.10. The van der Waals surface area contributed by atoms with Crippen molar-refractivity contribution in [2.24, 2.45) is 5.10 Å². The molecular weight excluding hydrogens is 252 g/mol. The number of hydrazone groups is 1. The number of hydrogen-bond acceptors (Lipinski definition) is 3. The van der Waals surface area contributed by atoms with Crippen LogP contribution in [0.25, 0.3) is 0 Å². The number of hydrogen-bond donors (Lipinski definition) is 0. The van der Waals surface area contributed by atoms with Crippen LogP contribution in [-0.4, -0.2) is 31.5 Å². The van der Waals surface area contributed by atoms with E-state index in [-0.39, 0.29) is 5.78 Å². The molecule has 19 heavy (non-hydrogen) atoms. The van der Waals surface area contributed by atoms with Crippen LogP contribution in [0.5, 0.6) is 0 Å². The van der Waals surface area contributed by atoms with E-state index in [1.54, 1.807) is 0 Å². The zero-order valence-electron chi connectivity index (χ0n) is 12.6. The van der Waals surface area contributed by atoms with Gasteiger partial charge in [-0.25, -0.2) is 0 Å². The van der Waals surface area contributed by atoms with Gasteiger partial charge < -0.3 is 4.67 Å². The van der Waals surface area contributed by atoms with Crippen LogP contribution in [0.4, 0.5) is 0 Å². The van der Waals surface area contributed by atoms with Gasteiger partial charge in [-0.3, -0.25) is 4.79 Å². The first-order valence-corrected chi connectivity index (χ1v) is 10.1. The van der Waals surface area contributed by atoms with E-state index in [9.17, 15) is 4.79 Å². The highest BCUT2D eigenvalue weighted by molar-refractivity contribution is 6.73. The summed E-state index contributed by atoms with van der Waals surface area (Å²) in [5.41, 5.74) is 1.81. The topological polar surface area (TPSA) is 32.7 Å². The maximum absolute atomic E-state index is 12.0. The summed E-state index contributed by atoms with van der Waals surface area (Å²) >= 11 is 0. The van der Waals surface area contributed by atoms with Crippen LogP contribution in [0, 0.1) is 0 Å². The molecule has 0 unspecified atom stereocenters. The van der Waals surface area contributed by atoms with Crippen molar-refractivity contribution in [2.45, 2.75) is 39.4 Å². The molecule has 0 saturated heterocycles. The highest BCUT2D eigenvalue weighted by Crippen LogP contribution is 2.09. The lowest BCUT2D eigenvalue weighted by Gasteiger charge is -2.27. The van der Waals surface area contributed by atoms with Crippen LogP contribution < -0.4 is 0 Å². The Kier molecular flexibility index (Phi) is 5.48. The van der Waals surface area contributed by atoms with E-state index in [4.69, 9.17) is 0 Å². The Morgan fingerprint density at radius 3 is 2.26 bits per heavy atom. The Bertz CT molecular complexity index is 449. The van der Waals surface area contributed by atoms with Gasteiger partial charge in [0.25, 0.3) is 0 Å². The molecule has 0 bridgehead atoms. The first-order chi connectivity index (χ1) is 8.80. The van der Waals surface area contributed by atoms with E-state index < -0.39 is 8.24 Å². The molecule has 0 aliphatic carbocycles. The van der Waals surface area contributed by atoms with E-state index in [0.717, 1.165) is 17.7 Å². The quantitative estimate of drug-likeness (QED) is 0.343. The molecule has 0 saturated carbocycles. The first-order valence-electron chi connectivity index (χ1n) is 6.67. The van der Waals surface area contributed by atoms with E-state index in [1.807, 2.05) is 44.3 Å². The van der Waals surface area contributed by atoms with Gasteiger partial charge in [-0.2, -0.15) is 5.10 Å². The van der Waals surface area contributed by atoms with E-state index >= 15 is 0 Å². The summed E-state index contributed by atoms with van der Waals surface area (Å²) in [6.45, 7) is 8.74. The van der Waals surface area contributed by atoms with Crippen LogP contribution in [0.3, 0.4) is 0 Å². The standard InChI is InChI=1S/C15H24N2OSi/c1-13(16-17(2)19(3,4)5)11-12-15(18)14-9-7-6-8-10-14/h6-10H,11-12H2,1-5H3/b16-13+. The Labute approximate surface area is 117 Å². The maximum atomic E-state index is 12.0. The molecule has 1 rings (SSSR count). The van der Waals surface area contributed by atoms with Crippen molar-refractivity contribution < 1.29 is 4.79 Å². The summed E-state index contributed by atoms with van der Waals surface area (Å²) in [5, 5.41) is 4.57. The Balaban J connectivity index is 2.53. The van der Waals surface area contributed by atoms with E-state index in [0.29, 0.717) is 6.42 Å². The summed E-state index contributed by atoms with van der Waals surface area (Å²) in [6, 6.07) is 9.44. The zero-order chi connectivity index (χ0) is 14.5. The molecule has 0 heterocycles. The van der Waals surface area contributed by atoms with Gasteiger partial charge in [-0.15, -0.1) is 0 Å². The van der Waals surface area contributed by atoms with Gasteiger partial charge in [0.2, 0.25) is 0 Å². The zero-order valence-corrected chi connectivity index (χ0v) is 13.6.